The van der Waals surface area contributed by atoms with E-state index in [0.717, 1.165) is 41.9 Å². The second-order valence-electron chi connectivity index (χ2n) is 7.20. The first-order chi connectivity index (χ1) is 14.2. The van der Waals surface area contributed by atoms with E-state index < -0.39 is 0 Å². The Balaban J connectivity index is 1.39. The molecule has 3 heterocycles. The van der Waals surface area contributed by atoms with E-state index in [1.54, 1.807) is 23.1 Å². The third-order valence-corrected chi connectivity index (χ3v) is 4.79. The Bertz CT molecular complexity index is 948. The van der Waals surface area contributed by atoms with Gasteiger partial charge < -0.3 is 15.5 Å². The monoisotopic (exact) mass is 391 g/mol. The van der Waals surface area contributed by atoms with Gasteiger partial charge >= 0.3 is 0 Å². The van der Waals surface area contributed by atoms with Crippen molar-refractivity contribution in [3.63, 3.8) is 0 Å². The standard InChI is InChI=1S/C21H25N7O/c1-16-14-19(26-21(23-16)27-11-3-2-4-12-27)24-17-6-8-18(9-7-17)25-20(29)15-28-13-5-10-22-28/h5-10,13-14H,2-4,11-12,15H2,1H3,(H,25,29)(H,23,24,26). The maximum Gasteiger partial charge on any atom is 0.246 e. The lowest BCUT2D eigenvalue weighted by Gasteiger charge is -2.27. The Kier molecular flexibility index (Phi) is 5.69. The van der Waals surface area contributed by atoms with Crippen LogP contribution in [0.1, 0.15) is 25.0 Å². The predicted molar refractivity (Wildman–Crippen MR) is 113 cm³/mol. The summed E-state index contributed by atoms with van der Waals surface area (Å²) in [7, 11) is 0. The molecule has 0 spiro atoms. The molecule has 3 aromatic rings. The van der Waals surface area contributed by atoms with Crippen LogP contribution in [0, 0.1) is 6.92 Å². The maximum absolute atomic E-state index is 12.1. The van der Waals surface area contributed by atoms with Gasteiger partial charge in [0.05, 0.1) is 0 Å². The van der Waals surface area contributed by atoms with Crippen molar-refractivity contribution < 1.29 is 4.79 Å². The summed E-state index contributed by atoms with van der Waals surface area (Å²) in [5, 5.41) is 10.2. The second kappa shape index (κ2) is 8.72. The van der Waals surface area contributed by atoms with Crippen molar-refractivity contribution >= 4 is 29.0 Å². The summed E-state index contributed by atoms with van der Waals surface area (Å²) in [5.41, 5.74) is 2.57. The van der Waals surface area contributed by atoms with Gasteiger partial charge in [-0.25, -0.2) is 4.98 Å². The number of carbonyl (C=O) groups excluding carboxylic acids is 1. The van der Waals surface area contributed by atoms with Crippen molar-refractivity contribution in [2.24, 2.45) is 0 Å². The van der Waals surface area contributed by atoms with Crippen LogP contribution in [0.25, 0.3) is 0 Å². The SMILES string of the molecule is Cc1cc(Nc2ccc(NC(=O)Cn3cccn3)cc2)nc(N2CCCCC2)n1. The molecule has 4 rings (SSSR count). The van der Waals surface area contributed by atoms with Gasteiger partial charge in [0.15, 0.2) is 0 Å². The topological polar surface area (TPSA) is 88.0 Å². The lowest BCUT2D eigenvalue weighted by atomic mass is 10.1. The van der Waals surface area contributed by atoms with E-state index in [1.165, 1.54) is 19.3 Å². The molecular formula is C21H25N7O. The maximum atomic E-state index is 12.1. The van der Waals surface area contributed by atoms with Crippen LogP contribution in [0.3, 0.4) is 0 Å². The highest BCUT2D eigenvalue weighted by molar-refractivity contribution is 5.90. The number of amides is 1. The van der Waals surface area contributed by atoms with E-state index in [1.807, 2.05) is 37.3 Å². The van der Waals surface area contributed by atoms with Crippen molar-refractivity contribution in [3.8, 4) is 0 Å². The van der Waals surface area contributed by atoms with Crippen LogP contribution in [0.4, 0.5) is 23.1 Å². The summed E-state index contributed by atoms with van der Waals surface area (Å²) >= 11 is 0. The van der Waals surface area contributed by atoms with Gasteiger partial charge in [-0.3, -0.25) is 9.48 Å². The van der Waals surface area contributed by atoms with Crippen molar-refractivity contribution in [2.75, 3.05) is 28.6 Å². The third-order valence-electron chi connectivity index (χ3n) is 4.79. The largest absolute Gasteiger partial charge is 0.341 e. The lowest BCUT2D eigenvalue weighted by Crippen LogP contribution is -2.31. The van der Waals surface area contributed by atoms with Gasteiger partial charge in [0.2, 0.25) is 11.9 Å². The minimum absolute atomic E-state index is 0.119. The van der Waals surface area contributed by atoms with E-state index in [4.69, 9.17) is 0 Å². The zero-order valence-corrected chi connectivity index (χ0v) is 16.5. The summed E-state index contributed by atoms with van der Waals surface area (Å²) in [5.74, 6) is 1.44. The number of piperidine rings is 1. The number of benzene rings is 1. The molecule has 2 aromatic heterocycles. The molecule has 1 amide bonds. The first kappa shape index (κ1) is 18.9. The molecule has 1 aliphatic rings. The number of anilines is 4. The second-order valence-corrected chi connectivity index (χ2v) is 7.20. The first-order valence-corrected chi connectivity index (χ1v) is 9.91. The van der Waals surface area contributed by atoms with Gasteiger partial charge in [-0.15, -0.1) is 0 Å². The van der Waals surface area contributed by atoms with Crippen LogP contribution in [0.2, 0.25) is 0 Å². The molecule has 1 aromatic carbocycles. The highest BCUT2D eigenvalue weighted by Gasteiger charge is 2.14. The molecule has 1 fully saturated rings. The third kappa shape index (κ3) is 5.10. The van der Waals surface area contributed by atoms with Crippen LogP contribution < -0.4 is 15.5 Å². The van der Waals surface area contributed by atoms with Crippen molar-refractivity contribution in [3.05, 3.63) is 54.5 Å². The van der Waals surface area contributed by atoms with E-state index in [0.29, 0.717) is 0 Å². The van der Waals surface area contributed by atoms with Crippen molar-refractivity contribution in [1.82, 2.24) is 19.7 Å². The number of hydrogen-bond acceptors (Lipinski definition) is 6. The number of nitrogens with zero attached hydrogens (tertiary/aromatic N) is 5. The van der Waals surface area contributed by atoms with E-state index in [9.17, 15) is 4.79 Å². The first-order valence-electron chi connectivity index (χ1n) is 9.91. The van der Waals surface area contributed by atoms with Crippen molar-refractivity contribution in [1.29, 1.82) is 0 Å². The average Bonchev–Trinajstić information content (AvgIpc) is 3.22. The highest BCUT2D eigenvalue weighted by Crippen LogP contribution is 2.22. The molecule has 0 bridgehead atoms. The number of aryl methyl sites for hydroxylation is 1. The molecular weight excluding hydrogens is 366 g/mol. The number of aromatic nitrogens is 4. The molecule has 0 atom stereocenters. The van der Waals surface area contributed by atoms with Gasteiger partial charge in [-0.2, -0.15) is 10.1 Å². The molecule has 1 aliphatic heterocycles. The minimum atomic E-state index is -0.119. The Morgan fingerprint density at radius 3 is 2.55 bits per heavy atom. The molecule has 0 unspecified atom stereocenters. The predicted octanol–water partition coefficient (Wildman–Crippen LogP) is 3.35. The summed E-state index contributed by atoms with van der Waals surface area (Å²) in [6.45, 7) is 4.19. The van der Waals surface area contributed by atoms with Gasteiger partial charge in [0, 0.05) is 48.6 Å². The molecule has 8 nitrogen and oxygen atoms in total. The molecule has 0 saturated carbocycles. The normalized spacial score (nSPS) is 13.9. The molecule has 150 valence electrons. The molecule has 29 heavy (non-hydrogen) atoms. The molecule has 0 aliphatic carbocycles. The molecule has 8 heteroatoms. The zero-order chi connectivity index (χ0) is 20.1. The Morgan fingerprint density at radius 1 is 1.07 bits per heavy atom. The van der Waals surface area contributed by atoms with Gasteiger partial charge in [-0.05, 0) is 56.5 Å². The number of nitrogens with one attached hydrogen (secondary N) is 2. The Morgan fingerprint density at radius 2 is 1.83 bits per heavy atom. The quantitative estimate of drug-likeness (QED) is 0.670. The minimum Gasteiger partial charge on any atom is -0.341 e. The molecule has 0 radical (unpaired) electrons. The number of carbonyl (C=O) groups is 1. The van der Waals surface area contributed by atoms with Crippen LogP contribution in [0.15, 0.2) is 48.8 Å². The summed E-state index contributed by atoms with van der Waals surface area (Å²) in [4.78, 5) is 23.6. The summed E-state index contributed by atoms with van der Waals surface area (Å²) in [6, 6.07) is 11.3. The van der Waals surface area contributed by atoms with Crippen LogP contribution in [-0.2, 0) is 11.3 Å². The van der Waals surface area contributed by atoms with Crippen LogP contribution in [0.5, 0.6) is 0 Å². The lowest BCUT2D eigenvalue weighted by molar-refractivity contribution is -0.116. The van der Waals surface area contributed by atoms with Crippen LogP contribution >= 0.6 is 0 Å². The Hall–Kier alpha value is -3.42. The van der Waals surface area contributed by atoms with Gasteiger partial charge in [0.1, 0.15) is 12.4 Å². The molecule has 1 saturated heterocycles. The van der Waals surface area contributed by atoms with Gasteiger partial charge in [-0.1, -0.05) is 0 Å². The van der Waals surface area contributed by atoms with E-state index in [-0.39, 0.29) is 12.5 Å². The molecule has 2 N–H and O–H groups in total. The fraction of sp³-hybridized carbons (Fsp3) is 0.333. The average molecular weight is 391 g/mol. The summed E-state index contributed by atoms with van der Waals surface area (Å²) < 4.78 is 1.59. The zero-order valence-electron chi connectivity index (χ0n) is 16.5. The van der Waals surface area contributed by atoms with E-state index >= 15 is 0 Å². The fourth-order valence-electron chi connectivity index (χ4n) is 3.38. The van der Waals surface area contributed by atoms with E-state index in [2.05, 4.69) is 30.6 Å². The number of rotatable bonds is 6. The number of hydrogen-bond donors (Lipinski definition) is 2. The van der Waals surface area contributed by atoms with Crippen LogP contribution in [-0.4, -0.2) is 38.7 Å². The van der Waals surface area contributed by atoms with Gasteiger partial charge in [0.25, 0.3) is 0 Å². The smallest absolute Gasteiger partial charge is 0.246 e. The summed E-state index contributed by atoms with van der Waals surface area (Å²) in [6.07, 6.45) is 7.06. The fourth-order valence-corrected chi connectivity index (χ4v) is 3.38. The van der Waals surface area contributed by atoms with Crippen molar-refractivity contribution in [2.45, 2.75) is 32.7 Å². The highest BCUT2D eigenvalue weighted by atomic mass is 16.2. The Labute approximate surface area is 170 Å².